The number of hydrogen-bond donors (Lipinski definition) is 2. The third-order valence-electron chi connectivity index (χ3n) is 3.82. The van der Waals surface area contributed by atoms with Crippen LogP contribution in [0.4, 0.5) is 5.95 Å². The third kappa shape index (κ3) is 3.40. The Balaban J connectivity index is 1.90. The van der Waals surface area contributed by atoms with E-state index in [0.717, 1.165) is 28.2 Å². The van der Waals surface area contributed by atoms with Crippen LogP contribution in [0, 0.1) is 6.92 Å². The van der Waals surface area contributed by atoms with Crippen molar-refractivity contribution in [1.82, 2.24) is 20.2 Å². The first-order valence-electron chi connectivity index (χ1n) is 8.07. The minimum Gasteiger partial charge on any atom is -0.322 e. The van der Waals surface area contributed by atoms with E-state index in [9.17, 15) is 0 Å². The minimum absolute atomic E-state index is 0.511. The summed E-state index contributed by atoms with van der Waals surface area (Å²) >= 11 is 0. The Morgan fingerprint density at radius 3 is 2.20 bits per heavy atom. The smallest absolute Gasteiger partial charge is 0.245 e. The van der Waals surface area contributed by atoms with E-state index in [-0.39, 0.29) is 0 Å². The third-order valence-corrected chi connectivity index (χ3v) is 3.82. The van der Waals surface area contributed by atoms with Crippen LogP contribution in [0.2, 0.25) is 0 Å². The van der Waals surface area contributed by atoms with Crippen LogP contribution in [0.5, 0.6) is 0 Å². The Bertz CT molecular complexity index is 973. The first-order valence-corrected chi connectivity index (χ1v) is 8.07. The van der Waals surface area contributed by atoms with Gasteiger partial charge in [-0.1, -0.05) is 60.7 Å². The molecule has 2 bridgehead atoms. The van der Waals surface area contributed by atoms with Crippen molar-refractivity contribution in [3.05, 3.63) is 83.8 Å². The molecule has 25 heavy (non-hydrogen) atoms. The van der Waals surface area contributed by atoms with Gasteiger partial charge in [-0.15, -0.1) is 5.10 Å². The predicted molar refractivity (Wildman–Crippen MR) is 99.9 cm³/mol. The lowest BCUT2D eigenvalue weighted by Crippen LogP contribution is -2.07. The average Bonchev–Trinajstić information content (AvgIpc) is 2.72. The second-order valence-corrected chi connectivity index (χ2v) is 5.73. The standard InChI is InChI=1S/C20H17N5/c1-14-21-18(15-8-4-2-5-9-15)12-17-13-19(16-10-6-3-7-11-16)23-20(22-17)25-24-14/h2-13H,1H3,(H,21,24)(H,22,23,25). The van der Waals surface area contributed by atoms with Crippen LogP contribution in [0.25, 0.3) is 23.0 Å². The van der Waals surface area contributed by atoms with Crippen LogP contribution >= 0.6 is 0 Å². The van der Waals surface area contributed by atoms with Crippen LogP contribution < -0.4 is 5.32 Å². The number of hydrogen-bond acceptors (Lipinski definition) is 4. The number of fused-ring (bicyclic) bond motifs is 2. The van der Waals surface area contributed by atoms with Gasteiger partial charge in [0.1, 0.15) is 5.82 Å². The topological polar surface area (TPSA) is 66.5 Å². The molecule has 0 saturated carbocycles. The lowest BCUT2D eigenvalue weighted by atomic mass is 10.1. The summed E-state index contributed by atoms with van der Waals surface area (Å²) < 4.78 is 0. The lowest BCUT2D eigenvalue weighted by Gasteiger charge is -2.13. The van der Waals surface area contributed by atoms with Crippen molar-refractivity contribution in [2.24, 2.45) is 0 Å². The van der Waals surface area contributed by atoms with E-state index in [2.05, 4.69) is 37.6 Å². The highest BCUT2D eigenvalue weighted by Crippen LogP contribution is 2.24. The Hall–Kier alpha value is -3.47. The van der Waals surface area contributed by atoms with Gasteiger partial charge >= 0.3 is 0 Å². The maximum Gasteiger partial charge on any atom is 0.245 e. The Morgan fingerprint density at radius 1 is 0.800 bits per heavy atom. The number of aromatic amines is 1. The van der Waals surface area contributed by atoms with Crippen molar-refractivity contribution in [2.45, 2.75) is 6.92 Å². The van der Waals surface area contributed by atoms with Gasteiger partial charge in [0.25, 0.3) is 0 Å². The molecule has 0 fully saturated rings. The van der Waals surface area contributed by atoms with Gasteiger partial charge in [-0.2, -0.15) is 0 Å². The van der Waals surface area contributed by atoms with E-state index in [4.69, 9.17) is 0 Å². The number of nitrogens with zero attached hydrogens (tertiary/aromatic N) is 3. The molecule has 1 aliphatic heterocycles. The van der Waals surface area contributed by atoms with Crippen molar-refractivity contribution < 1.29 is 0 Å². The van der Waals surface area contributed by atoms with Gasteiger partial charge in [0.05, 0.1) is 17.1 Å². The molecular formula is C20H17N5. The quantitative estimate of drug-likeness (QED) is 0.739. The van der Waals surface area contributed by atoms with E-state index in [1.165, 1.54) is 0 Å². The molecule has 2 heterocycles. The number of rotatable bonds is 2. The normalized spacial score (nSPS) is 12.0. The summed E-state index contributed by atoms with van der Waals surface area (Å²) in [7, 11) is 0. The number of H-pyrrole nitrogens is 1. The molecule has 1 aliphatic rings. The second kappa shape index (κ2) is 6.57. The van der Waals surface area contributed by atoms with Crippen LogP contribution in [0.1, 0.15) is 17.1 Å². The fourth-order valence-electron chi connectivity index (χ4n) is 2.66. The van der Waals surface area contributed by atoms with E-state index in [1.54, 1.807) is 0 Å². The van der Waals surface area contributed by atoms with Crippen molar-refractivity contribution in [3.8, 4) is 11.3 Å². The molecule has 122 valence electrons. The number of benzene rings is 2. The molecule has 2 aromatic carbocycles. The number of anilines is 1. The largest absolute Gasteiger partial charge is 0.322 e. The van der Waals surface area contributed by atoms with Crippen molar-refractivity contribution in [3.63, 3.8) is 0 Å². The van der Waals surface area contributed by atoms with Gasteiger partial charge in [-0.3, -0.25) is 5.10 Å². The van der Waals surface area contributed by atoms with Crippen LogP contribution in [-0.4, -0.2) is 20.2 Å². The van der Waals surface area contributed by atoms with Gasteiger partial charge in [-0.05, 0) is 24.6 Å². The minimum atomic E-state index is 0.511. The maximum atomic E-state index is 4.65. The molecular weight excluding hydrogens is 310 g/mol. The van der Waals surface area contributed by atoms with E-state index < -0.39 is 0 Å². The first-order chi connectivity index (χ1) is 12.3. The van der Waals surface area contributed by atoms with E-state index in [0.29, 0.717) is 11.8 Å². The van der Waals surface area contributed by atoms with E-state index in [1.807, 2.05) is 67.6 Å². The SMILES string of the molecule is Cc1nc(-c2ccccc2)cc2nc(n[nH]1)NC(c1ccccc1)=C2. The van der Waals surface area contributed by atoms with Gasteiger partial charge in [-0.25, -0.2) is 9.97 Å². The molecule has 0 unspecified atom stereocenters. The van der Waals surface area contributed by atoms with Gasteiger partial charge < -0.3 is 5.32 Å². The highest BCUT2D eigenvalue weighted by Gasteiger charge is 2.10. The molecule has 1 aromatic heterocycles. The van der Waals surface area contributed by atoms with Crippen LogP contribution in [-0.2, 0) is 0 Å². The molecule has 0 amide bonds. The zero-order chi connectivity index (χ0) is 17.1. The van der Waals surface area contributed by atoms with Crippen LogP contribution in [0.15, 0.2) is 66.7 Å². The number of nitrogens with one attached hydrogen (secondary N) is 2. The summed E-state index contributed by atoms with van der Waals surface area (Å²) in [6, 6.07) is 22.2. The van der Waals surface area contributed by atoms with Crippen molar-refractivity contribution in [2.75, 3.05) is 5.32 Å². The highest BCUT2D eigenvalue weighted by molar-refractivity contribution is 5.88. The summed E-state index contributed by atoms with van der Waals surface area (Å²) in [5, 5.41) is 10.5. The average molecular weight is 327 g/mol. The molecule has 0 saturated heterocycles. The predicted octanol–water partition coefficient (Wildman–Crippen LogP) is 4.22. The Labute approximate surface area is 145 Å². The monoisotopic (exact) mass is 327 g/mol. The fourth-order valence-corrected chi connectivity index (χ4v) is 2.66. The molecule has 0 aliphatic carbocycles. The highest BCUT2D eigenvalue weighted by atomic mass is 15.2. The maximum absolute atomic E-state index is 4.65. The molecule has 4 rings (SSSR count). The Morgan fingerprint density at radius 2 is 1.48 bits per heavy atom. The van der Waals surface area contributed by atoms with Crippen LogP contribution in [0.3, 0.4) is 0 Å². The summed E-state index contributed by atoms with van der Waals surface area (Å²) in [5.74, 6) is 1.21. The molecule has 3 aromatic rings. The lowest BCUT2D eigenvalue weighted by molar-refractivity contribution is 0.935. The summed E-state index contributed by atoms with van der Waals surface area (Å²) in [6.45, 7) is 1.88. The van der Waals surface area contributed by atoms with Gasteiger partial charge in [0.2, 0.25) is 5.95 Å². The zero-order valence-electron chi connectivity index (χ0n) is 13.8. The molecule has 2 N–H and O–H groups in total. The van der Waals surface area contributed by atoms with Crippen molar-refractivity contribution in [1.29, 1.82) is 0 Å². The summed E-state index contributed by atoms with van der Waals surface area (Å²) in [5.41, 5.74) is 4.70. The fraction of sp³-hybridized carbons (Fsp3) is 0.0500. The van der Waals surface area contributed by atoms with Crippen molar-refractivity contribution >= 4 is 17.7 Å². The number of aryl methyl sites for hydroxylation is 1. The molecule has 0 atom stereocenters. The van der Waals surface area contributed by atoms with E-state index >= 15 is 0 Å². The number of aromatic nitrogens is 4. The summed E-state index contributed by atoms with van der Waals surface area (Å²) in [6.07, 6.45) is 2.01. The van der Waals surface area contributed by atoms with Gasteiger partial charge in [0.15, 0.2) is 0 Å². The summed E-state index contributed by atoms with van der Waals surface area (Å²) in [4.78, 5) is 9.20. The molecule has 5 heteroatoms. The van der Waals surface area contributed by atoms with Gasteiger partial charge in [0, 0.05) is 5.56 Å². The molecule has 0 radical (unpaired) electrons. The second-order valence-electron chi connectivity index (χ2n) is 5.73. The Kier molecular flexibility index (Phi) is 3.96. The first kappa shape index (κ1) is 15.1. The molecule has 5 nitrogen and oxygen atoms in total. The molecule has 0 spiro atoms. The zero-order valence-corrected chi connectivity index (χ0v) is 13.8.